The number of esters is 4. The van der Waals surface area contributed by atoms with E-state index >= 15 is 0 Å². The van der Waals surface area contributed by atoms with E-state index in [0.717, 1.165) is 37.5 Å². The standard InChI is InChI=1S/C39H52O11Si/c1-23(2)51(24(3)4,25(5)6)19-18-30-12-14-31(15-13-30)20-32-16-17-34(45-11)33(21-32)39(44)38(49-29(10)43)37(48-28(9)42)36(47-27(8)41)35(50-39)22-46-26(7)40/h12-17,21,23-25,35-38,44H,20,22H2,1-11H3/t35-,36-,37+,38-,39+/m1/s1. The Morgan fingerprint density at radius 1 is 0.784 bits per heavy atom. The molecule has 11 nitrogen and oxygen atoms in total. The van der Waals surface area contributed by atoms with Gasteiger partial charge in [-0.25, -0.2) is 0 Å². The molecule has 5 atom stereocenters. The van der Waals surface area contributed by atoms with Crippen LogP contribution in [-0.2, 0) is 55.1 Å². The summed E-state index contributed by atoms with van der Waals surface area (Å²) in [6.07, 6.45) is -5.66. The Morgan fingerprint density at radius 3 is 1.80 bits per heavy atom. The zero-order valence-corrected chi connectivity index (χ0v) is 32.5. The van der Waals surface area contributed by atoms with E-state index in [4.69, 9.17) is 28.4 Å². The maximum absolute atomic E-state index is 12.4. The van der Waals surface area contributed by atoms with Gasteiger partial charge in [-0.05, 0) is 58.4 Å². The summed E-state index contributed by atoms with van der Waals surface area (Å²) in [5.41, 5.74) is 7.98. The highest BCUT2D eigenvalue weighted by Crippen LogP contribution is 2.45. The number of carbonyl (C=O) groups excluding carboxylic acids is 4. The number of ether oxygens (including phenoxy) is 6. The van der Waals surface area contributed by atoms with Crippen LogP contribution in [0.2, 0.25) is 16.6 Å². The number of hydrogen-bond acceptors (Lipinski definition) is 11. The molecule has 278 valence electrons. The monoisotopic (exact) mass is 724 g/mol. The first kappa shape index (κ1) is 41.2. The molecule has 2 aromatic carbocycles. The van der Waals surface area contributed by atoms with Crippen LogP contribution in [0.5, 0.6) is 5.75 Å². The Kier molecular flexibility index (Phi) is 14.0. The quantitative estimate of drug-likeness (QED) is 0.124. The molecule has 51 heavy (non-hydrogen) atoms. The Morgan fingerprint density at radius 2 is 1.31 bits per heavy atom. The van der Waals surface area contributed by atoms with Crippen molar-refractivity contribution in [1.29, 1.82) is 0 Å². The van der Waals surface area contributed by atoms with E-state index < -0.39 is 68.8 Å². The number of benzene rings is 2. The van der Waals surface area contributed by atoms with Crippen molar-refractivity contribution in [3.05, 3.63) is 64.7 Å². The molecule has 1 aliphatic rings. The van der Waals surface area contributed by atoms with Gasteiger partial charge in [0.1, 0.15) is 26.5 Å². The van der Waals surface area contributed by atoms with Crippen LogP contribution in [0.15, 0.2) is 42.5 Å². The van der Waals surface area contributed by atoms with Crippen molar-refractivity contribution < 1.29 is 52.7 Å². The average Bonchev–Trinajstić information content (AvgIpc) is 3.03. The molecule has 12 heteroatoms. The van der Waals surface area contributed by atoms with Crippen LogP contribution in [-0.4, -0.2) is 75.2 Å². The predicted molar refractivity (Wildman–Crippen MR) is 192 cm³/mol. The molecule has 1 N–H and O–H groups in total. The maximum atomic E-state index is 12.4. The SMILES string of the molecule is COc1ccc(Cc2ccc(C#C[Si](C(C)C)(C(C)C)C(C)C)cc2)cc1[C@]1(O)O[C@H](COC(C)=O)[C@@H](OC(C)=O)[C@H](OC(C)=O)[C@H]1OC(C)=O. The number of rotatable bonds is 12. The Bertz CT molecular complexity index is 1600. The number of hydrogen-bond donors (Lipinski definition) is 1. The summed E-state index contributed by atoms with van der Waals surface area (Å²) in [6, 6.07) is 13.1. The summed E-state index contributed by atoms with van der Waals surface area (Å²) in [7, 11) is -0.508. The van der Waals surface area contributed by atoms with E-state index in [2.05, 4.69) is 53.0 Å². The van der Waals surface area contributed by atoms with Crippen LogP contribution < -0.4 is 4.74 Å². The van der Waals surface area contributed by atoms with Crippen molar-refractivity contribution in [2.45, 2.75) is 122 Å². The van der Waals surface area contributed by atoms with Gasteiger partial charge in [-0.2, -0.15) is 0 Å². The fraction of sp³-hybridized carbons (Fsp3) is 0.538. The Labute approximate surface area is 302 Å². The first-order valence-corrected chi connectivity index (χ1v) is 19.4. The number of aliphatic hydroxyl groups is 1. The topological polar surface area (TPSA) is 144 Å². The summed E-state index contributed by atoms with van der Waals surface area (Å²) < 4.78 is 33.5. The van der Waals surface area contributed by atoms with Gasteiger partial charge < -0.3 is 33.5 Å². The lowest BCUT2D eigenvalue weighted by Gasteiger charge is -2.48. The van der Waals surface area contributed by atoms with Crippen LogP contribution in [0, 0.1) is 11.5 Å². The van der Waals surface area contributed by atoms with Gasteiger partial charge in [-0.1, -0.05) is 65.7 Å². The smallest absolute Gasteiger partial charge is 0.303 e. The van der Waals surface area contributed by atoms with Gasteiger partial charge in [0.15, 0.2) is 12.2 Å². The average molecular weight is 725 g/mol. The molecule has 1 fully saturated rings. The second kappa shape index (κ2) is 17.4. The molecule has 0 radical (unpaired) electrons. The van der Waals surface area contributed by atoms with Gasteiger partial charge in [0, 0.05) is 33.3 Å². The summed E-state index contributed by atoms with van der Waals surface area (Å²) in [5, 5.41) is 12.4. The van der Waals surface area contributed by atoms with Gasteiger partial charge in [0.05, 0.1) is 12.7 Å². The largest absolute Gasteiger partial charge is 0.496 e. The third kappa shape index (κ3) is 9.78. The first-order chi connectivity index (χ1) is 23.8. The molecule has 2 aromatic rings. The highest BCUT2D eigenvalue weighted by molar-refractivity contribution is 6.90. The van der Waals surface area contributed by atoms with E-state index in [1.165, 1.54) is 14.0 Å². The summed E-state index contributed by atoms with van der Waals surface area (Å²) in [4.78, 5) is 48.7. The zero-order chi connectivity index (χ0) is 38.3. The van der Waals surface area contributed by atoms with Crippen molar-refractivity contribution in [3.8, 4) is 17.2 Å². The molecule has 3 rings (SSSR count). The predicted octanol–water partition coefficient (Wildman–Crippen LogP) is 5.76. The Balaban J connectivity index is 2.09. The van der Waals surface area contributed by atoms with Crippen LogP contribution in [0.1, 0.15) is 91.5 Å². The van der Waals surface area contributed by atoms with Crippen LogP contribution >= 0.6 is 0 Å². The molecule has 0 amide bonds. The molecular formula is C39H52O11Si. The molecule has 0 unspecified atom stereocenters. The summed E-state index contributed by atoms with van der Waals surface area (Å²) in [5.74, 6) is -2.01. The summed E-state index contributed by atoms with van der Waals surface area (Å²) in [6.45, 7) is 17.7. The third-order valence-electron chi connectivity index (χ3n) is 9.35. The second-order valence-electron chi connectivity index (χ2n) is 13.9. The van der Waals surface area contributed by atoms with Crippen LogP contribution in [0.4, 0.5) is 0 Å². The van der Waals surface area contributed by atoms with Gasteiger partial charge in [-0.3, -0.25) is 19.2 Å². The second-order valence-corrected chi connectivity index (χ2v) is 19.5. The summed E-state index contributed by atoms with van der Waals surface area (Å²) >= 11 is 0. The zero-order valence-electron chi connectivity index (χ0n) is 31.5. The molecule has 1 saturated heterocycles. The Hall–Kier alpha value is -4.18. The number of carbonyl (C=O) groups is 4. The minimum absolute atomic E-state index is 0.0415. The molecule has 0 aliphatic carbocycles. The van der Waals surface area contributed by atoms with E-state index in [9.17, 15) is 24.3 Å². The lowest BCUT2D eigenvalue weighted by molar-refractivity contribution is -0.360. The highest BCUT2D eigenvalue weighted by atomic mass is 28.3. The van der Waals surface area contributed by atoms with Crippen molar-refractivity contribution in [1.82, 2.24) is 0 Å². The fourth-order valence-electron chi connectivity index (χ4n) is 7.20. The van der Waals surface area contributed by atoms with Gasteiger partial charge >= 0.3 is 23.9 Å². The molecular weight excluding hydrogens is 673 g/mol. The molecule has 0 aromatic heterocycles. The van der Waals surface area contributed by atoms with E-state index in [0.29, 0.717) is 23.0 Å². The van der Waals surface area contributed by atoms with E-state index in [1.54, 1.807) is 12.1 Å². The van der Waals surface area contributed by atoms with Crippen molar-refractivity contribution in [2.24, 2.45) is 0 Å². The lowest BCUT2D eigenvalue weighted by atomic mass is 9.86. The maximum Gasteiger partial charge on any atom is 0.303 e. The van der Waals surface area contributed by atoms with Crippen molar-refractivity contribution >= 4 is 32.0 Å². The van der Waals surface area contributed by atoms with E-state index in [1.807, 2.05) is 30.3 Å². The molecule has 0 saturated carbocycles. The molecule has 0 bridgehead atoms. The molecule has 0 spiro atoms. The van der Waals surface area contributed by atoms with E-state index in [-0.39, 0.29) is 11.3 Å². The van der Waals surface area contributed by atoms with Gasteiger partial charge in [0.25, 0.3) is 0 Å². The molecule has 1 aliphatic heterocycles. The minimum Gasteiger partial charge on any atom is -0.496 e. The van der Waals surface area contributed by atoms with Crippen LogP contribution in [0.3, 0.4) is 0 Å². The van der Waals surface area contributed by atoms with Crippen molar-refractivity contribution in [3.63, 3.8) is 0 Å². The normalized spacial score (nSPS) is 21.8. The first-order valence-electron chi connectivity index (χ1n) is 17.2. The minimum atomic E-state index is -2.53. The third-order valence-corrected chi connectivity index (χ3v) is 15.6. The van der Waals surface area contributed by atoms with Crippen LogP contribution in [0.25, 0.3) is 0 Å². The van der Waals surface area contributed by atoms with Gasteiger partial charge in [0.2, 0.25) is 11.9 Å². The number of methoxy groups -OCH3 is 1. The fourth-order valence-corrected chi connectivity index (χ4v) is 12.4. The highest BCUT2D eigenvalue weighted by Gasteiger charge is 2.61. The van der Waals surface area contributed by atoms with Crippen molar-refractivity contribution in [2.75, 3.05) is 13.7 Å². The van der Waals surface area contributed by atoms with Gasteiger partial charge in [-0.15, -0.1) is 5.54 Å². The molecule has 1 heterocycles. The lowest BCUT2D eigenvalue weighted by Crippen LogP contribution is -2.66.